The number of piperidine rings is 2. The van der Waals surface area contributed by atoms with Crippen molar-refractivity contribution >= 4 is 29.9 Å². The second-order valence-corrected chi connectivity index (χ2v) is 7.36. The zero-order valence-corrected chi connectivity index (χ0v) is 16.5. The molecule has 0 aliphatic carbocycles. The van der Waals surface area contributed by atoms with Crippen LogP contribution in [0.2, 0.25) is 0 Å². The van der Waals surface area contributed by atoms with Gasteiger partial charge in [0.1, 0.15) is 0 Å². The van der Waals surface area contributed by atoms with E-state index in [1.807, 2.05) is 30.0 Å². The Kier molecular flexibility index (Phi) is 7.47. The Bertz CT molecular complexity index is 644. The lowest BCUT2D eigenvalue weighted by molar-refractivity contribution is -0.118. The number of carbonyl (C=O) groups excluding carboxylic acids is 2. The summed E-state index contributed by atoms with van der Waals surface area (Å²) in [5.41, 5.74) is 2.43. The van der Waals surface area contributed by atoms with Crippen LogP contribution in [-0.2, 0) is 4.79 Å². The molecule has 2 N–H and O–H groups in total. The van der Waals surface area contributed by atoms with Crippen molar-refractivity contribution in [2.45, 2.75) is 64.5 Å². The number of nitrogens with zero attached hydrogens (tertiary/aromatic N) is 1. The second kappa shape index (κ2) is 9.38. The highest BCUT2D eigenvalue weighted by atomic mass is 35.5. The highest BCUT2D eigenvalue weighted by molar-refractivity contribution is 5.98. The van der Waals surface area contributed by atoms with Crippen molar-refractivity contribution in [1.82, 2.24) is 10.2 Å². The topological polar surface area (TPSA) is 61.4 Å². The summed E-state index contributed by atoms with van der Waals surface area (Å²) < 4.78 is 0. The first-order valence-corrected chi connectivity index (χ1v) is 9.52. The molecule has 2 unspecified atom stereocenters. The number of benzene rings is 1. The Morgan fingerprint density at radius 3 is 2.58 bits per heavy atom. The maximum absolute atomic E-state index is 12.8. The summed E-state index contributed by atoms with van der Waals surface area (Å²) >= 11 is 0. The number of hydrogen-bond donors (Lipinski definition) is 2. The molecule has 5 nitrogen and oxygen atoms in total. The zero-order valence-electron chi connectivity index (χ0n) is 15.7. The average Bonchev–Trinajstić information content (AvgIpc) is 2.64. The molecular formula is C20H30ClN3O2. The third-order valence-electron chi connectivity index (χ3n) is 5.42. The maximum atomic E-state index is 12.8. The summed E-state index contributed by atoms with van der Waals surface area (Å²) in [6.45, 7) is 5.80. The molecule has 0 radical (unpaired) electrons. The Hall–Kier alpha value is -1.59. The van der Waals surface area contributed by atoms with Crippen LogP contribution in [0.3, 0.4) is 0 Å². The van der Waals surface area contributed by atoms with Crippen LogP contribution in [0.5, 0.6) is 0 Å². The first-order valence-electron chi connectivity index (χ1n) is 9.52. The monoisotopic (exact) mass is 379 g/mol. The van der Waals surface area contributed by atoms with Crippen molar-refractivity contribution in [1.29, 1.82) is 0 Å². The van der Waals surface area contributed by atoms with E-state index in [4.69, 9.17) is 0 Å². The fourth-order valence-corrected chi connectivity index (χ4v) is 3.80. The normalized spacial score (nSPS) is 23.1. The van der Waals surface area contributed by atoms with Gasteiger partial charge >= 0.3 is 0 Å². The van der Waals surface area contributed by atoms with Crippen molar-refractivity contribution < 1.29 is 9.59 Å². The summed E-state index contributed by atoms with van der Waals surface area (Å²) in [6.07, 6.45) is 6.46. The van der Waals surface area contributed by atoms with Crippen LogP contribution in [0.15, 0.2) is 18.2 Å². The molecule has 26 heavy (non-hydrogen) atoms. The molecule has 144 valence electrons. The third-order valence-corrected chi connectivity index (χ3v) is 5.42. The Morgan fingerprint density at radius 1 is 1.15 bits per heavy atom. The lowest BCUT2D eigenvalue weighted by atomic mass is 10.0. The van der Waals surface area contributed by atoms with Gasteiger partial charge in [0.2, 0.25) is 5.91 Å². The maximum Gasteiger partial charge on any atom is 0.254 e. The number of halogens is 1. The number of nitrogens with one attached hydrogen (secondary N) is 2. The molecule has 2 aliphatic heterocycles. The minimum atomic E-state index is -0.108. The van der Waals surface area contributed by atoms with E-state index < -0.39 is 0 Å². The molecule has 2 heterocycles. The van der Waals surface area contributed by atoms with E-state index >= 15 is 0 Å². The van der Waals surface area contributed by atoms with E-state index in [2.05, 4.69) is 17.6 Å². The predicted molar refractivity (Wildman–Crippen MR) is 107 cm³/mol. The van der Waals surface area contributed by atoms with Gasteiger partial charge < -0.3 is 15.5 Å². The summed E-state index contributed by atoms with van der Waals surface area (Å²) in [5.74, 6) is 0.119. The number of aryl methyl sites for hydroxylation is 1. The zero-order chi connectivity index (χ0) is 17.8. The fraction of sp³-hybridized carbons (Fsp3) is 0.600. The van der Waals surface area contributed by atoms with Crippen molar-refractivity contribution in [3.8, 4) is 0 Å². The quantitative estimate of drug-likeness (QED) is 0.844. The standard InChI is InChI=1S/C20H29N3O2.ClH/c1-14-13-16(20(25)23-12-6-4-7-15(23)2)9-10-17(14)22-19(24)18-8-3-5-11-21-18;/h9-10,13,15,18,21H,3-8,11-12H2,1-2H3,(H,22,24);1H. The largest absolute Gasteiger partial charge is 0.336 e. The van der Waals surface area contributed by atoms with Crippen LogP contribution >= 0.6 is 12.4 Å². The summed E-state index contributed by atoms with van der Waals surface area (Å²) in [6, 6.07) is 5.79. The number of anilines is 1. The van der Waals surface area contributed by atoms with Crippen molar-refractivity contribution in [2.24, 2.45) is 0 Å². The number of amides is 2. The van der Waals surface area contributed by atoms with E-state index in [1.165, 1.54) is 6.42 Å². The Labute approximate surface area is 162 Å². The van der Waals surface area contributed by atoms with E-state index in [9.17, 15) is 9.59 Å². The van der Waals surface area contributed by atoms with Crippen LogP contribution in [0.1, 0.15) is 61.4 Å². The second-order valence-electron chi connectivity index (χ2n) is 7.36. The molecule has 0 bridgehead atoms. The molecule has 2 atom stereocenters. The van der Waals surface area contributed by atoms with Gasteiger partial charge in [-0.15, -0.1) is 12.4 Å². The molecule has 0 spiro atoms. The molecule has 2 saturated heterocycles. The van der Waals surface area contributed by atoms with E-state index in [0.29, 0.717) is 11.6 Å². The number of hydrogen-bond acceptors (Lipinski definition) is 3. The van der Waals surface area contributed by atoms with Crippen LogP contribution in [-0.4, -0.2) is 41.9 Å². The summed E-state index contributed by atoms with van der Waals surface area (Å²) in [4.78, 5) is 27.1. The molecule has 2 amide bonds. The summed E-state index contributed by atoms with van der Waals surface area (Å²) in [5, 5.41) is 6.27. The Morgan fingerprint density at radius 2 is 1.92 bits per heavy atom. The molecule has 1 aromatic carbocycles. The third kappa shape index (κ3) is 4.77. The van der Waals surface area contributed by atoms with Gasteiger partial charge in [-0.05, 0) is 76.3 Å². The number of likely N-dealkylation sites (tertiary alicyclic amines) is 1. The molecule has 0 saturated carbocycles. The Balaban J connectivity index is 0.00000243. The first kappa shape index (κ1) is 20.7. The van der Waals surface area contributed by atoms with Gasteiger partial charge in [0, 0.05) is 23.8 Å². The minimum absolute atomic E-state index is 0. The van der Waals surface area contributed by atoms with Crippen molar-refractivity contribution in [3.05, 3.63) is 29.3 Å². The molecule has 2 fully saturated rings. The first-order chi connectivity index (χ1) is 12.1. The number of carbonyl (C=O) groups is 2. The van der Waals surface area contributed by atoms with Crippen LogP contribution in [0.4, 0.5) is 5.69 Å². The molecule has 1 aromatic rings. The lowest BCUT2D eigenvalue weighted by Gasteiger charge is -2.33. The summed E-state index contributed by atoms with van der Waals surface area (Å²) in [7, 11) is 0. The van der Waals surface area contributed by atoms with E-state index in [1.54, 1.807) is 0 Å². The predicted octanol–water partition coefficient (Wildman–Crippen LogP) is 3.51. The van der Waals surface area contributed by atoms with Gasteiger partial charge in [0.25, 0.3) is 5.91 Å². The lowest BCUT2D eigenvalue weighted by Crippen LogP contribution is -2.43. The van der Waals surface area contributed by atoms with Crippen molar-refractivity contribution in [3.63, 3.8) is 0 Å². The van der Waals surface area contributed by atoms with Gasteiger partial charge in [0.05, 0.1) is 6.04 Å². The van der Waals surface area contributed by atoms with E-state index in [-0.39, 0.29) is 30.3 Å². The van der Waals surface area contributed by atoms with Gasteiger partial charge in [-0.1, -0.05) is 6.42 Å². The van der Waals surface area contributed by atoms with Gasteiger partial charge in [-0.3, -0.25) is 9.59 Å². The molecule has 0 aromatic heterocycles. The van der Waals surface area contributed by atoms with Gasteiger partial charge in [0.15, 0.2) is 0 Å². The minimum Gasteiger partial charge on any atom is -0.336 e. The highest BCUT2D eigenvalue weighted by Crippen LogP contribution is 2.22. The van der Waals surface area contributed by atoms with Gasteiger partial charge in [-0.25, -0.2) is 0 Å². The number of rotatable bonds is 3. The van der Waals surface area contributed by atoms with Crippen LogP contribution < -0.4 is 10.6 Å². The van der Waals surface area contributed by atoms with Crippen LogP contribution in [0.25, 0.3) is 0 Å². The van der Waals surface area contributed by atoms with Crippen LogP contribution in [0, 0.1) is 6.92 Å². The molecule has 3 rings (SSSR count). The average molecular weight is 380 g/mol. The molecular weight excluding hydrogens is 350 g/mol. The fourth-order valence-electron chi connectivity index (χ4n) is 3.80. The highest BCUT2D eigenvalue weighted by Gasteiger charge is 2.25. The van der Waals surface area contributed by atoms with Gasteiger partial charge in [-0.2, -0.15) is 0 Å². The van der Waals surface area contributed by atoms with Crippen molar-refractivity contribution in [2.75, 3.05) is 18.4 Å². The SMILES string of the molecule is Cc1cc(C(=O)N2CCCCC2C)ccc1NC(=O)C1CCCCN1.Cl. The molecule has 2 aliphatic rings. The molecule has 6 heteroatoms. The smallest absolute Gasteiger partial charge is 0.254 e. The van der Waals surface area contributed by atoms with E-state index in [0.717, 1.165) is 56.4 Å².